The molecule has 3 amide bonds. The maximum atomic E-state index is 13.7. The summed E-state index contributed by atoms with van der Waals surface area (Å²) in [5, 5.41) is 2.57. The van der Waals surface area contributed by atoms with Gasteiger partial charge in [0.05, 0.1) is 12.3 Å². The lowest BCUT2D eigenvalue weighted by Gasteiger charge is -2.23. The fraction of sp³-hybridized carbons (Fsp3) is 0.471. The minimum atomic E-state index is -0.494. The molecule has 7 heteroatoms. The van der Waals surface area contributed by atoms with Crippen LogP contribution >= 0.6 is 0 Å². The maximum Gasteiger partial charge on any atom is 0.227 e. The van der Waals surface area contributed by atoms with Crippen LogP contribution in [0.2, 0.25) is 0 Å². The molecule has 130 valence electrons. The van der Waals surface area contributed by atoms with Gasteiger partial charge in [-0.3, -0.25) is 14.4 Å². The van der Waals surface area contributed by atoms with Crippen LogP contribution in [-0.4, -0.2) is 60.7 Å². The average molecular weight is 335 g/mol. The van der Waals surface area contributed by atoms with Crippen LogP contribution in [0.15, 0.2) is 24.3 Å². The van der Waals surface area contributed by atoms with Crippen molar-refractivity contribution in [2.24, 2.45) is 5.92 Å². The Morgan fingerprint density at radius 2 is 1.79 bits per heavy atom. The predicted octanol–water partition coefficient (Wildman–Crippen LogP) is 0.421. The molecule has 0 aromatic heterocycles. The molecule has 1 aromatic carbocycles. The molecular weight excluding hydrogens is 313 g/mol. The van der Waals surface area contributed by atoms with Crippen LogP contribution in [0.4, 0.5) is 4.39 Å². The number of hydrogen-bond acceptors (Lipinski definition) is 3. The summed E-state index contributed by atoms with van der Waals surface area (Å²) in [7, 11) is 1.52. The van der Waals surface area contributed by atoms with Crippen molar-refractivity contribution < 1.29 is 18.8 Å². The van der Waals surface area contributed by atoms with E-state index in [-0.39, 0.29) is 37.2 Å². The predicted molar refractivity (Wildman–Crippen MR) is 86.5 cm³/mol. The van der Waals surface area contributed by atoms with E-state index in [1.165, 1.54) is 24.9 Å². The van der Waals surface area contributed by atoms with Gasteiger partial charge in [-0.2, -0.15) is 0 Å². The molecule has 1 fully saturated rings. The Morgan fingerprint density at radius 1 is 1.17 bits per heavy atom. The normalized spacial score (nSPS) is 18.0. The van der Waals surface area contributed by atoms with Gasteiger partial charge >= 0.3 is 0 Å². The number of halogens is 1. The van der Waals surface area contributed by atoms with Crippen LogP contribution in [0.25, 0.3) is 0 Å². The van der Waals surface area contributed by atoms with Crippen molar-refractivity contribution in [3.63, 3.8) is 0 Å². The molecule has 1 N–H and O–H groups in total. The van der Waals surface area contributed by atoms with Gasteiger partial charge in [0.25, 0.3) is 0 Å². The molecule has 1 aliphatic heterocycles. The standard InChI is InChI=1S/C17H22FN3O3/c1-12(22)20-7-8-21(11-14(10-20)17(24)19-2)16(23)9-13-5-3-4-6-15(13)18/h3-6,14H,7-11H2,1-2H3,(H,19,24)/t14-/m0/s1. The first kappa shape index (κ1) is 17.9. The van der Waals surface area contributed by atoms with E-state index in [0.29, 0.717) is 18.7 Å². The molecule has 0 spiro atoms. The number of nitrogens with zero attached hydrogens (tertiary/aromatic N) is 2. The quantitative estimate of drug-likeness (QED) is 0.870. The number of amides is 3. The molecule has 1 aliphatic rings. The summed E-state index contributed by atoms with van der Waals surface area (Å²) in [5.74, 6) is -1.52. The molecule has 0 aliphatic carbocycles. The highest BCUT2D eigenvalue weighted by Gasteiger charge is 2.30. The molecule has 0 bridgehead atoms. The lowest BCUT2D eigenvalue weighted by atomic mass is 10.1. The molecule has 1 heterocycles. The van der Waals surface area contributed by atoms with E-state index < -0.39 is 11.7 Å². The van der Waals surface area contributed by atoms with Crippen molar-refractivity contribution in [3.05, 3.63) is 35.6 Å². The molecule has 6 nitrogen and oxygen atoms in total. The van der Waals surface area contributed by atoms with Crippen molar-refractivity contribution in [2.45, 2.75) is 13.3 Å². The highest BCUT2D eigenvalue weighted by molar-refractivity contribution is 5.83. The summed E-state index contributed by atoms with van der Waals surface area (Å²) >= 11 is 0. The topological polar surface area (TPSA) is 69.7 Å². The molecule has 1 aromatic rings. The zero-order chi connectivity index (χ0) is 17.7. The lowest BCUT2D eigenvalue weighted by molar-refractivity contribution is -0.132. The zero-order valence-corrected chi connectivity index (χ0v) is 13.9. The second-order valence-electron chi connectivity index (χ2n) is 5.88. The largest absolute Gasteiger partial charge is 0.359 e. The second-order valence-corrected chi connectivity index (χ2v) is 5.88. The Balaban J connectivity index is 2.13. The zero-order valence-electron chi connectivity index (χ0n) is 13.9. The molecule has 2 rings (SSSR count). The van der Waals surface area contributed by atoms with Crippen molar-refractivity contribution in [3.8, 4) is 0 Å². The molecular formula is C17H22FN3O3. The fourth-order valence-electron chi connectivity index (χ4n) is 2.81. The first-order valence-electron chi connectivity index (χ1n) is 7.90. The molecule has 1 saturated heterocycles. The van der Waals surface area contributed by atoms with Crippen LogP contribution in [0.1, 0.15) is 12.5 Å². The smallest absolute Gasteiger partial charge is 0.227 e. The lowest BCUT2D eigenvalue weighted by Crippen LogP contribution is -2.42. The van der Waals surface area contributed by atoms with Crippen LogP contribution < -0.4 is 5.32 Å². The van der Waals surface area contributed by atoms with Crippen LogP contribution in [-0.2, 0) is 20.8 Å². The van der Waals surface area contributed by atoms with Crippen molar-refractivity contribution in [1.82, 2.24) is 15.1 Å². The third-order valence-electron chi connectivity index (χ3n) is 4.24. The first-order valence-corrected chi connectivity index (χ1v) is 7.90. The minimum absolute atomic E-state index is 0.0623. The summed E-state index contributed by atoms with van der Waals surface area (Å²) in [6.45, 7) is 2.64. The Kier molecular flexibility index (Phi) is 5.89. The molecule has 0 radical (unpaired) electrons. The van der Waals surface area contributed by atoms with E-state index in [1.807, 2.05) is 0 Å². The highest BCUT2D eigenvalue weighted by atomic mass is 19.1. The van der Waals surface area contributed by atoms with Gasteiger partial charge in [0, 0.05) is 40.2 Å². The SMILES string of the molecule is CNC(=O)[C@H]1CN(C(C)=O)CCN(C(=O)Cc2ccccc2F)C1. The van der Waals surface area contributed by atoms with Gasteiger partial charge < -0.3 is 15.1 Å². The van der Waals surface area contributed by atoms with Crippen LogP contribution in [0, 0.1) is 11.7 Å². The summed E-state index contributed by atoms with van der Waals surface area (Å²) in [6, 6.07) is 6.14. The number of rotatable bonds is 3. The average Bonchev–Trinajstić information content (AvgIpc) is 2.79. The van der Waals surface area contributed by atoms with E-state index in [2.05, 4.69) is 5.32 Å². The molecule has 24 heavy (non-hydrogen) atoms. The van der Waals surface area contributed by atoms with Crippen LogP contribution in [0.3, 0.4) is 0 Å². The Bertz CT molecular complexity index is 635. The summed E-state index contributed by atoms with van der Waals surface area (Å²) in [5.41, 5.74) is 0.326. The van der Waals surface area contributed by atoms with E-state index in [4.69, 9.17) is 0 Å². The van der Waals surface area contributed by atoms with Gasteiger partial charge in [-0.05, 0) is 11.6 Å². The van der Waals surface area contributed by atoms with Crippen LogP contribution in [0.5, 0.6) is 0 Å². The van der Waals surface area contributed by atoms with E-state index in [0.717, 1.165) is 0 Å². The van der Waals surface area contributed by atoms with Gasteiger partial charge in [0.15, 0.2) is 0 Å². The molecule has 1 atom stereocenters. The minimum Gasteiger partial charge on any atom is -0.359 e. The number of carbonyl (C=O) groups is 3. The number of benzene rings is 1. The van der Waals surface area contributed by atoms with E-state index >= 15 is 0 Å². The van der Waals surface area contributed by atoms with Gasteiger partial charge in [0.1, 0.15) is 5.82 Å². The summed E-state index contributed by atoms with van der Waals surface area (Å²) in [6.07, 6.45) is -0.0623. The monoisotopic (exact) mass is 335 g/mol. The summed E-state index contributed by atoms with van der Waals surface area (Å²) in [4.78, 5) is 39.3. The highest BCUT2D eigenvalue weighted by Crippen LogP contribution is 2.14. The third kappa shape index (κ3) is 4.31. The van der Waals surface area contributed by atoms with Crippen molar-refractivity contribution >= 4 is 17.7 Å². The van der Waals surface area contributed by atoms with Gasteiger partial charge in [-0.25, -0.2) is 4.39 Å². The number of hydrogen-bond donors (Lipinski definition) is 1. The van der Waals surface area contributed by atoms with Crippen molar-refractivity contribution in [1.29, 1.82) is 0 Å². The van der Waals surface area contributed by atoms with Gasteiger partial charge in [-0.1, -0.05) is 18.2 Å². The van der Waals surface area contributed by atoms with Gasteiger partial charge in [-0.15, -0.1) is 0 Å². The second kappa shape index (κ2) is 7.90. The Hall–Kier alpha value is -2.44. The Morgan fingerprint density at radius 3 is 2.42 bits per heavy atom. The fourth-order valence-corrected chi connectivity index (χ4v) is 2.81. The number of carbonyl (C=O) groups excluding carboxylic acids is 3. The van der Waals surface area contributed by atoms with E-state index in [1.54, 1.807) is 23.1 Å². The number of nitrogens with one attached hydrogen (secondary N) is 1. The van der Waals surface area contributed by atoms with Crippen molar-refractivity contribution in [2.75, 3.05) is 33.2 Å². The summed E-state index contributed by atoms with van der Waals surface area (Å²) < 4.78 is 13.7. The third-order valence-corrected chi connectivity index (χ3v) is 4.24. The molecule has 0 unspecified atom stereocenters. The van der Waals surface area contributed by atoms with Gasteiger partial charge in [0.2, 0.25) is 17.7 Å². The first-order chi connectivity index (χ1) is 11.4. The maximum absolute atomic E-state index is 13.7. The van der Waals surface area contributed by atoms with E-state index in [9.17, 15) is 18.8 Å². The Labute approximate surface area is 140 Å². The molecule has 0 saturated carbocycles.